The molecule has 3 heteroatoms. The van der Waals surface area contributed by atoms with Crippen LogP contribution >= 0.6 is 0 Å². The van der Waals surface area contributed by atoms with Crippen molar-refractivity contribution in [1.29, 1.82) is 0 Å². The first-order chi connectivity index (χ1) is 12.3. The van der Waals surface area contributed by atoms with Gasteiger partial charge in [0.1, 0.15) is 6.04 Å². The third kappa shape index (κ3) is 4.30. The molecule has 1 N–H and O–H groups in total. The Bertz CT molecular complexity index is 678. The molecule has 0 saturated heterocycles. The molecule has 1 aliphatic rings. The normalized spacial score (nSPS) is 15.5. The largest absolute Gasteiger partial charge is 0.352 e. The summed E-state index contributed by atoms with van der Waals surface area (Å²) in [5, 5.41) is 3.27. The van der Waals surface area contributed by atoms with Crippen LogP contribution in [0.1, 0.15) is 37.3 Å². The smallest absolute Gasteiger partial charge is 0.247 e. The zero-order chi connectivity index (χ0) is 17.5. The first-order valence-corrected chi connectivity index (χ1v) is 9.07. The van der Waals surface area contributed by atoms with E-state index in [-0.39, 0.29) is 11.9 Å². The molecule has 1 fully saturated rings. The Labute approximate surface area is 150 Å². The van der Waals surface area contributed by atoms with Crippen LogP contribution < -0.4 is 10.2 Å². The number of carbonyl (C=O) groups excluding carboxylic acids is 1. The first kappa shape index (κ1) is 17.3. The molecule has 1 amide bonds. The summed E-state index contributed by atoms with van der Waals surface area (Å²) in [6.45, 7) is 4.50. The second kappa shape index (κ2) is 8.52. The van der Waals surface area contributed by atoms with Crippen LogP contribution in [0, 0.1) is 0 Å². The van der Waals surface area contributed by atoms with Crippen LogP contribution in [0.15, 0.2) is 73.3 Å². The van der Waals surface area contributed by atoms with Crippen LogP contribution in [-0.4, -0.2) is 18.5 Å². The van der Waals surface area contributed by atoms with Gasteiger partial charge in [0.15, 0.2) is 0 Å². The quantitative estimate of drug-likeness (QED) is 0.757. The number of para-hydroxylation sites is 1. The highest BCUT2D eigenvalue weighted by atomic mass is 16.2. The number of carbonyl (C=O) groups is 1. The van der Waals surface area contributed by atoms with Crippen LogP contribution in [-0.2, 0) is 4.79 Å². The standard InChI is InChI=1S/C22H26N2O/c1-2-17-24(20-15-7-4-8-16-20)21(18-11-5-3-6-12-18)22(25)23-19-13-9-10-14-19/h2-8,11-12,15-16,19,21H,1,9-10,13-14,17H2,(H,23,25)/t21-/m0/s1. The Balaban J connectivity index is 1.93. The number of hydrogen-bond acceptors (Lipinski definition) is 2. The number of hydrogen-bond donors (Lipinski definition) is 1. The molecule has 0 radical (unpaired) electrons. The van der Waals surface area contributed by atoms with Gasteiger partial charge in [-0.05, 0) is 30.5 Å². The van der Waals surface area contributed by atoms with Gasteiger partial charge in [0.25, 0.3) is 0 Å². The fourth-order valence-electron chi connectivity index (χ4n) is 3.58. The number of anilines is 1. The van der Waals surface area contributed by atoms with Crippen molar-refractivity contribution < 1.29 is 4.79 Å². The van der Waals surface area contributed by atoms with Gasteiger partial charge in [-0.25, -0.2) is 0 Å². The molecule has 0 aliphatic heterocycles. The average Bonchev–Trinajstić information content (AvgIpc) is 3.16. The van der Waals surface area contributed by atoms with E-state index in [1.807, 2.05) is 66.7 Å². The van der Waals surface area contributed by atoms with E-state index >= 15 is 0 Å². The van der Waals surface area contributed by atoms with Crippen molar-refractivity contribution in [2.75, 3.05) is 11.4 Å². The van der Waals surface area contributed by atoms with Crippen molar-refractivity contribution in [2.45, 2.75) is 37.8 Å². The third-order valence-electron chi connectivity index (χ3n) is 4.79. The maximum atomic E-state index is 13.2. The number of amides is 1. The predicted octanol–water partition coefficient (Wildman–Crippen LogP) is 4.48. The first-order valence-electron chi connectivity index (χ1n) is 9.07. The monoisotopic (exact) mass is 334 g/mol. The Morgan fingerprint density at radius 3 is 2.28 bits per heavy atom. The summed E-state index contributed by atoms with van der Waals surface area (Å²) >= 11 is 0. The number of rotatable bonds is 7. The summed E-state index contributed by atoms with van der Waals surface area (Å²) in [7, 11) is 0. The van der Waals surface area contributed by atoms with Crippen LogP contribution in [0.25, 0.3) is 0 Å². The molecule has 2 aromatic carbocycles. The van der Waals surface area contributed by atoms with Crippen molar-refractivity contribution in [2.24, 2.45) is 0 Å². The SMILES string of the molecule is C=CCN(c1ccccc1)[C@H](C(=O)NC1CCCC1)c1ccccc1. The van der Waals surface area contributed by atoms with Gasteiger partial charge < -0.3 is 10.2 Å². The van der Waals surface area contributed by atoms with E-state index in [0.29, 0.717) is 12.6 Å². The molecule has 0 heterocycles. The lowest BCUT2D eigenvalue weighted by Crippen LogP contribution is -2.44. The second-order valence-corrected chi connectivity index (χ2v) is 6.58. The molecule has 1 atom stereocenters. The average molecular weight is 334 g/mol. The van der Waals surface area contributed by atoms with Gasteiger partial charge in [0.05, 0.1) is 0 Å². The molecule has 0 unspecified atom stereocenters. The molecule has 0 spiro atoms. The van der Waals surface area contributed by atoms with E-state index in [1.165, 1.54) is 12.8 Å². The van der Waals surface area contributed by atoms with Gasteiger partial charge in [-0.3, -0.25) is 4.79 Å². The second-order valence-electron chi connectivity index (χ2n) is 6.58. The molecule has 0 aromatic heterocycles. The van der Waals surface area contributed by atoms with Gasteiger partial charge >= 0.3 is 0 Å². The minimum atomic E-state index is -0.359. The highest BCUT2D eigenvalue weighted by molar-refractivity contribution is 5.87. The van der Waals surface area contributed by atoms with E-state index < -0.39 is 0 Å². The maximum absolute atomic E-state index is 13.2. The summed E-state index contributed by atoms with van der Waals surface area (Å²) < 4.78 is 0. The summed E-state index contributed by atoms with van der Waals surface area (Å²) in [6.07, 6.45) is 6.43. The Hall–Kier alpha value is -2.55. The van der Waals surface area contributed by atoms with Gasteiger partial charge in [-0.1, -0.05) is 67.4 Å². The van der Waals surface area contributed by atoms with E-state index in [4.69, 9.17) is 0 Å². The summed E-state index contributed by atoms with van der Waals surface area (Å²) in [5.41, 5.74) is 2.03. The van der Waals surface area contributed by atoms with Crippen molar-refractivity contribution in [3.8, 4) is 0 Å². The summed E-state index contributed by atoms with van der Waals surface area (Å²) in [5.74, 6) is 0.0730. The lowest BCUT2D eigenvalue weighted by molar-refractivity contribution is -0.123. The number of nitrogens with one attached hydrogen (secondary N) is 1. The molecule has 0 bridgehead atoms. The summed E-state index contributed by atoms with van der Waals surface area (Å²) in [4.78, 5) is 15.3. The van der Waals surface area contributed by atoms with Crippen LogP contribution in [0.5, 0.6) is 0 Å². The zero-order valence-corrected chi connectivity index (χ0v) is 14.6. The zero-order valence-electron chi connectivity index (χ0n) is 14.6. The fourth-order valence-corrected chi connectivity index (χ4v) is 3.58. The summed E-state index contributed by atoms with van der Waals surface area (Å²) in [6, 6.07) is 20.0. The minimum Gasteiger partial charge on any atom is -0.352 e. The molecular formula is C22H26N2O. The van der Waals surface area contributed by atoms with E-state index in [2.05, 4.69) is 16.8 Å². The molecule has 130 valence electrons. The molecule has 25 heavy (non-hydrogen) atoms. The molecule has 1 aliphatic carbocycles. The van der Waals surface area contributed by atoms with Crippen molar-refractivity contribution in [3.63, 3.8) is 0 Å². The maximum Gasteiger partial charge on any atom is 0.247 e. The number of nitrogens with zero attached hydrogens (tertiary/aromatic N) is 1. The molecular weight excluding hydrogens is 308 g/mol. The van der Waals surface area contributed by atoms with Crippen molar-refractivity contribution in [3.05, 3.63) is 78.9 Å². The van der Waals surface area contributed by atoms with Gasteiger partial charge in [0, 0.05) is 18.3 Å². The lowest BCUT2D eigenvalue weighted by atomic mass is 10.0. The molecule has 3 rings (SSSR count). The number of benzene rings is 2. The van der Waals surface area contributed by atoms with E-state index in [1.54, 1.807) is 0 Å². The van der Waals surface area contributed by atoms with Gasteiger partial charge in [0.2, 0.25) is 5.91 Å². The molecule has 3 nitrogen and oxygen atoms in total. The van der Waals surface area contributed by atoms with E-state index in [0.717, 1.165) is 24.1 Å². The minimum absolute atomic E-state index is 0.0730. The van der Waals surface area contributed by atoms with Crippen molar-refractivity contribution in [1.82, 2.24) is 5.32 Å². The fraction of sp³-hybridized carbons (Fsp3) is 0.318. The van der Waals surface area contributed by atoms with Gasteiger partial charge in [-0.15, -0.1) is 6.58 Å². The Kier molecular flexibility index (Phi) is 5.89. The van der Waals surface area contributed by atoms with E-state index in [9.17, 15) is 4.79 Å². The van der Waals surface area contributed by atoms with Crippen LogP contribution in [0.2, 0.25) is 0 Å². The highest BCUT2D eigenvalue weighted by Crippen LogP contribution is 2.28. The van der Waals surface area contributed by atoms with Gasteiger partial charge in [-0.2, -0.15) is 0 Å². The highest BCUT2D eigenvalue weighted by Gasteiger charge is 2.29. The topological polar surface area (TPSA) is 32.3 Å². The van der Waals surface area contributed by atoms with Crippen LogP contribution in [0.3, 0.4) is 0 Å². The van der Waals surface area contributed by atoms with Crippen molar-refractivity contribution >= 4 is 11.6 Å². The Morgan fingerprint density at radius 1 is 1.08 bits per heavy atom. The lowest BCUT2D eigenvalue weighted by Gasteiger charge is -2.33. The predicted molar refractivity (Wildman–Crippen MR) is 104 cm³/mol. The van der Waals surface area contributed by atoms with Crippen LogP contribution in [0.4, 0.5) is 5.69 Å². The molecule has 2 aromatic rings. The Morgan fingerprint density at radius 2 is 1.68 bits per heavy atom. The molecule has 1 saturated carbocycles. The third-order valence-corrected chi connectivity index (χ3v) is 4.79.